The fourth-order valence-corrected chi connectivity index (χ4v) is 2.19. The van der Waals surface area contributed by atoms with Crippen molar-refractivity contribution >= 4 is 11.6 Å². The highest BCUT2D eigenvalue weighted by molar-refractivity contribution is 6.31. The van der Waals surface area contributed by atoms with E-state index in [0.717, 1.165) is 12.1 Å². The van der Waals surface area contributed by atoms with Crippen molar-refractivity contribution in [1.82, 2.24) is 0 Å². The van der Waals surface area contributed by atoms with E-state index in [1.807, 2.05) is 0 Å². The quantitative estimate of drug-likeness (QED) is 0.802. The molecule has 2 aromatic carbocycles. The molecule has 0 heterocycles. The number of benzene rings is 2. The van der Waals surface area contributed by atoms with E-state index >= 15 is 0 Å². The van der Waals surface area contributed by atoms with Gasteiger partial charge in [0.2, 0.25) is 0 Å². The molecule has 0 aliphatic heterocycles. The molecule has 108 valence electrons. The Labute approximate surface area is 126 Å². The van der Waals surface area contributed by atoms with Crippen LogP contribution in [0.4, 0.5) is 8.78 Å². The molecule has 0 fully saturated rings. The Kier molecular flexibility index (Phi) is 5.13. The zero-order valence-corrected chi connectivity index (χ0v) is 11.8. The molecule has 2 aromatic rings. The van der Waals surface area contributed by atoms with Gasteiger partial charge in [0.25, 0.3) is 0 Å². The van der Waals surface area contributed by atoms with Gasteiger partial charge in [-0.05, 0) is 23.8 Å². The lowest BCUT2D eigenvalue weighted by Gasteiger charge is -2.12. The van der Waals surface area contributed by atoms with Crippen LogP contribution in [0.15, 0.2) is 42.5 Å². The highest BCUT2D eigenvalue weighted by Crippen LogP contribution is 2.27. The third-order valence-electron chi connectivity index (χ3n) is 2.99. The van der Waals surface area contributed by atoms with E-state index in [2.05, 4.69) is 6.07 Å². The van der Waals surface area contributed by atoms with Crippen LogP contribution in [0.3, 0.4) is 0 Å². The summed E-state index contributed by atoms with van der Waals surface area (Å²) < 4.78 is 31.4. The van der Waals surface area contributed by atoms with E-state index in [4.69, 9.17) is 16.3 Å². The molecule has 5 heteroatoms. The van der Waals surface area contributed by atoms with Crippen molar-refractivity contribution in [3.8, 4) is 11.8 Å². The molecule has 0 aliphatic rings. The summed E-state index contributed by atoms with van der Waals surface area (Å²) in [6, 6.07) is 12.3. The van der Waals surface area contributed by atoms with E-state index in [1.54, 1.807) is 24.3 Å². The molecule has 2 rings (SSSR count). The van der Waals surface area contributed by atoms with Gasteiger partial charge in [-0.25, -0.2) is 8.78 Å². The number of hydrogen-bond donors (Lipinski definition) is 0. The fourth-order valence-electron chi connectivity index (χ4n) is 1.93. The van der Waals surface area contributed by atoms with Crippen molar-refractivity contribution in [1.29, 1.82) is 5.26 Å². The number of rotatable bonds is 5. The Morgan fingerprint density at radius 1 is 1.19 bits per heavy atom. The summed E-state index contributed by atoms with van der Waals surface area (Å²) in [5.74, 6) is -1.90. The van der Waals surface area contributed by atoms with Crippen LogP contribution in [0.25, 0.3) is 0 Å². The lowest BCUT2D eigenvalue weighted by Crippen LogP contribution is -2.06. The minimum atomic E-state index is -0.763. The second-order valence-corrected chi connectivity index (χ2v) is 4.82. The van der Waals surface area contributed by atoms with E-state index in [0.29, 0.717) is 17.0 Å². The first-order valence-corrected chi connectivity index (χ1v) is 6.71. The lowest BCUT2D eigenvalue weighted by molar-refractivity contribution is 0.290. The molecule has 0 aromatic heterocycles. The van der Waals surface area contributed by atoms with Crippen molar-refractivity contribution in [2.45, 2.75) is 12.3 Å². The van der Waals surface area contributed by atoms with Crippen LogP contribution in [0.5, 0.6) is 5.75 Å². The first-order valence-electron chi connectivity index (χ1n) is 6.33. The number of nitrogens with zero attached hydrogens (tertiary/aromatic N) is 1. The third-order valence-corrected chi connectivity index (χ3v) is 3.34. The number of nitriles is 1. The largest absolute Gasteiger partial charge is 0.490 e. The van der Waals surface area contributed by atoms with Crippen LogP contribution in [0.1, 0.15) is 17.9 Å². The van der Waals surface area contributed by atoms with Crippen molar-refractivity contribution in [2.24, 2.45) is 0 Å². The lowest BCUT2D eigenvalue weighted by atomic mass is 9.98. The Hall–Kier alpha value is -2.12. The molecule has 2 nitrogen and oxygen atoms in total. The summed E-state index contributed by atoms with van der Waals surface area (Å²) in [6.07, 6.45) is 0.358. The van der Waals surface area contributed by atoms with Gasteiger partial charge in [-0.15, -0.1) is 0 Å². The van der Waals surface area contributed by atoms with Crippen LogP contribution in [-0.4, -0.2) is 6.61 Å². The molecule has 0 amide bonds. The zero-order chi connectivity index (χ0) is 15.2. The molecule has 1 unspecified atom stereocenters. The normalized spacial score (nSPS) is 11.7. The molecular weight excluding hydrogens is 296 g/mol. The molecule has 0 saturated heterocycles. The van der Waals surface area contributed by atoms with Gasteiger partial charge in [0.1, 0.15) is 5.82 Å². The fraction of sp³-hybridized carbons (Fsp3) is 0.188. The predicted octanol–water partition coefficient (Wildman–Crippen LogP) is 4.69. The monoisotopic (exact) mass is 307 g/mol. The van der Waals surface area contributed by atoms with Crippen LogP contribution >= 0.6 is 11.6 Å². The predicted molar refractivity (Wildman–Crippen MR) is 76.3 cm³/mol. The van der Waals surface area contributed by atoms with Gasteiger partial charge in [-0.3, -0.25) is 0 Å². The van der Waals surface area contributed by atoms with E-state index in [9.17, 15) is 14.0 Å². The Morgan fingerprint density at radius 2 is 1.95 bits per heavy atom. The summed E-state index contributed by atoms with van der Waals surface area (Å²) in [5.41, 5.74) is 0.713. The van der Waals surface area contributed by atoms with Crippen molar-refractivity contribution in [3.63, 3.8) is 0 Å². The molecule has 0 spiro atoms. The molecule has 0 N–H and O–H groups in total. The highest BCUT2D eigenvalue weighted by atomic mass is 35.5. The first kappa shape index (κ1) is 15.3. The van der Waals surface area contributed by atoms with E-state index < -0.39 is 17.6 Å². The van der Waals surface area contributed by atoms with Crippen molar-refractivity contribution < 1.29 is 13.5 Å². The summed E-state index contributed by atoms with van der Waals surface area (Å²) >= 11 is 6.04. The Balaban J connectivity index is 1.99. The van der Waals surface area contributed by atoms with Gasteiger partial charge in [0.15, 0.2) is 11.6 Å². The molecule has 0 aliphatic carbocycles. The molecular formula is C16H12ClF2NO. The smallest absolute Gasteiger partial charge is 0.167 e. The van der Waals surface area contributed by atoms with Gasteiger partial charge in [-0.2, -0.15) is 5.26 Å². The molecule has 0 radical (unpaired) electrons. The average molecular weight is 308 g/mol. The minimum absolute atomic E-state index is 0.0350. The Morgan fingerprint density at radius 3 is 2.62 bits per heavy atom. The van der Waals surface area contributed by atoms with Crippen molar-refractivity contribution in [2.75, 3.05) is 6.61 Å². The van der Waals surface area contributed by atoms with Crippen LogP contribution < -0.4 is 4.74 Å². The topological polar surface area (TPSA) is 33.0 Å². The average Bonchev–Trinajstić information content (AvgIpc) is 2.47. The van der Waals surface area contributed by atoms with E-state index in [1.165, 1.54) is 6.07 Å². The number of ether oxygens (including phenoxy) is 1. The maximum atomic E-state index is 13.4. The van der Waals surface area contributed by atoms with Crippen LogP contribution in [-0.2, 0) is 0 Å². The van der Waals surface area contributed by atoms with Crippen LogP contribution in [0.2, 0.25) is 5.02 Å². The van der Waals surface area contributed by atoms with Gasteiger partial charge < -0.3 is 4.74 Å². The second-order valence-electron chi connectivity index (χ2n) is 4.42. The zero-order valence-electron chi connectivity index (χ0n) is 11.0. The maximum absolute atomic E-state index is 13.4. The molecule has 0 bridgehead atoms. The van der Waals surface area contributed by atoms with E-state index in [-0.39, 0.29) is 12.4 Å². The van der Waals surface area contributed by atoms with Crippen molar-refractivity contribution in [3.05, 3.63) is 64.7 Å². The second kappa shape index (κ2) is 7.05. The summed E-state index contributed by atoms with van der Waals surface area (Å²) in [7, 11) is 0. The highest BCUT2D eigenvalue weighted by Gasteiger charge is 2.14. The molecule has 21 heavy (non-hydrogen) atoms. The number of hydrogen-bond acceptors (Lipinski definition) is 2. The Bertz CT molecular complexity index is 670. The van der Waals surface area contributed by atoms with Gasteiger partial charge >= 0.3 is 0 Å². The van der Waals surface area contributed by atoms with Crippen LogP contribution in [0, 0.1) is 23.0 Å². The summed E-state index contributed by atoms with van der Waals surface area (Å²) in [4.78, 5) is 0. The summed E-state index contributed by atoms with van der Waals surface area (Å²) in [5, 5.41) is 9.72. The number of halogens is 3. The minimum Gasteiger partial charge on any atom is -0.490 e. The first-order chi connectivity index (χ1) is 10.1. The summed E-state index contributed by atoms with van der Waals surface area (Å²) in [6.45, 7) is 0.131. The standard InChI is InChI=1S/C16H12ClF2NO/c17-14-4-2-1-3-13(14)11(10-20)7-8-21-16-6-5-12(18)9-15(16)19/h1-6,9,11H,7-8H2. The van der Waals surface area contributed by atoms with Gasteiger partial charge in [0.05, 0.1) is 18.6 Å². The molecule has 1 atom stereocenters. The third kappa shape index (κ3) is 3.93. The van der Waals surface area contributed by atoms with Gasteiger partial charge in [0, 0.05) is 17.5 Å². The van der Waals surface area contributed by atoms with Gasteiger partial charge in [-0.1, -0.05) is 29.8 Å². The SMILES string of the molecule is N#CC(CCOc1ccc(F)cc1F)c1ccccc1Cl. The molecule has 0 saturated carbocycles. The maximum Gasteiger partial charge on any atom is 0.167 e.